The van der Waals surface area contributed by atoms with Crippen molar-refractivity contribution in [3.05, 3.63) is 72.6 Å². The smallest absolute Gasteiger partial charge is 0.352 e. The van der Waals surface area contributed by atoms with Crippen LogP contribution < -0.4 is 10.6 Å². The van der Waals surface area contributed by atoms with Crippen LogP contribution in [0.4, 0.5) is 17.6 Å². The van der Waals surface area contributed by atoms with E-state index in [0.717, 1.165) is 18.2 Å². The SMILES string of the molecule is CC(NC(=O)c1ccc(/C=C/C(c2cc(Cl)c(Cl)c(Cl)c2)C(F)(F)F)cc1Br)C(=O)NCCF. The van der Waals surface area contributed by atoms with Crippen LogP contribution >= 0.6 is 50.7 Å². The van der Waals surface area contributed by atoms with Gasteiger partial charge in [-0.15, -0.1) is 0 Å². The van der Waals surface area contributed by atoms with Gasteiger partial charge in [0.05, 0.1) is 26.5 Å². The number of hydrogen-bond acceptors (Lipinski definition) is 2. The number of allylic oxidation sites excluding steroid dienone is 1. The summed E-state index contributed by atoms with van der Waals surface area (Å²) in [6.07, 6.45) is -2.45. The van der Waals surface area contributed by atoms with Gasteiger partial charge in [0.2, 0.25) is 5.91 Å². The molecule has 0 aliphatic carbocycles. The van der Waals surface area contributed by atoms with E-state index in [9.17, 15) is 27.2 Å². The molecule has 0 aliphatic heterocycles. The largest absolute Gasteiger partial charge is 0.399 e. The number of halogens is 8. The number of nitrogens with one attached hydrogen (secondary N) is 2. The second-order valence-electron chi connectivity index (χ2n) is 7.09. The first-order valence-corrected chi connectivity index (χ1v) is 11.6. The molecule has 0 spiro atoms. The van der Waals surface area contributed by atoms with Crippen molar-refractivity contribution in [1.82, 2.24) is 10.6 Å². The van der Waals surface area contributed by atoms with E-state index in [1.807, 2.05) is 0 Å². The van der Waals surface area contributed by atoms with Crippen molar-refractivity contribution in [1.29, 1.82) is 0 Å². The Morgan fingerprint density at radius 1 is 1.12 bits per heavy atom. The fourth-order valence-electron chi connectivity index (χ4n) is 2.85. The molecular formula is C22H18BrCl3F4N2O2. The van der Waals surface area contributed by atoms with Crippen molar-refractivity contribution in [2.45, 2.75) is 25.1 Å². The van der Waals surface area contributed by atoms with Crippen LogP contribution in [0.5, 0.6) is 0 Å². The molecule has 0 saturated heterocycles. The molecule has 0 bridgehead atoms. The summed E-state index contributed by atoms with van der Waals surface area (Å²) in [5.41, 5.74) is 0.349. The molecule has 184 valence electrons. The van der Waals surface area contributed by atoms with Gasteiger partial charge in [-0.2, -0.15) is 13.2 Å². The van der Waals surface area contributed by atoms with E-state index in [4.69, 9.17) is 34.8 Å². The summed E-state index contributed by atoms with van der Waals surface area (Å²) in [5, 5.41) is 4.54. The Morgan fingerprint density at radius 3 is 2.26 bits per heavy atom. The molecular weight excluding hydrogens is 587 g/mol. The van der Waals surface area contributed by atoms with E-state index in [0.29, 0.717) is 10.0 Å². The Hall–Kier alpha value is -1.81. The molecule has 2 aromatic rings. The lowest BCUT2D eigenvalue weighted by Crippen LogP contribution is -2.45. The van der Waals surface area contributed by atoms with E-state index in [-0.39, 0.29) is 32.7 Å². The maximum atomic E-state index is 13.7. The first-order valence-electron chi connectivity index (χ1n) is 9.68. The normalized spacial score (nSPS) is 13.6. The summed E-state index contributed by atoms with van der Waals surface area (Å²) in [6.45, 7) is 0.528. The number of alkyl halides is 4. The van der Waals surface area contributed by atoms with Gasteiger partial charge in [0.25, 0.3) is 5.91 Å². The van der Waals surface area contributed by atoms with Crippen LogP contribution in [-0.2, 0) is 4.79 Å². The maximum absolute atomic E-state index is 13.7. The average Bonchev–Trinajstić information content (AvgIpc) is 2.74. The van der Waals surface area contributed by atoms with Crippen LogP contribution in [0, 0.1) is 0 Å². The molecule has 2 unspecified atom stereocenters. The highest BCUT2D eigenvalue weighted by Gasteiger charge is 2.39. The van der Waals surface area contributed by atoms with Crippen LogP contribution in [0.1, 0.15) is 34.3 Å². The minimum absolute atomic E-state index is 0.0380. The third-order valence-electron chi connectivity index (χ3n) is 4.57. The summed E-state index contributed by atoms with van der Waals surface area (Å²) < 4.78 is 53.6. The van der Waals surface area contributed by atoms with E-state index in [2.05, 4.69) is 26.6 Å². The summed E-state index contributed by atoms with van der Waals surface area (Å²) >= 11 is 20.8. The second kappa shape index (κ2) is 12.2. The average molecular weight is 605 g/mol. The van der Waals surface area contributed by atoms with Gasteiger partial charge >= 0.3 is 6.18 Å². The van der Waals surface area contributed by atoms with Crippen LogP contribution in [0.3, 0.4) is 0 Å². The Bertz CT molecular complexity index is 1070. The standard InChI is InChI=1S/C22H18BrCl3F4N2O2/c1-11(20(33)31-7-6-27)32-21(34)14-4-2-12(8-16(14)23)3-5-15(22(28,29)30)13-9-17(24)19(26)18(25)10-13/h2-5,8-11,15H,6-7H2,1H3,(H,31,33)(H,32,34)/b5-3+. The number of rotatable bonds is 8. The number of benzene rings is 2. The number of amides is 2. The highest BCUT2D eigenvalue weighted by Crippen LogP contribution is 2.41. The zero-order valence-electron chi connectivity index (χ0n) is 17.5. The van der Waals surface area contributed by atoms with E-state index >= 15 is 0 Å². The fraction of sp³-hybridized carbons (Fsp3) is 0.273. The van der Waals surface area contributed by atoms with E-state index in [1.165, 1.54) is 31.2 Å². The van der Waals surface area contributed by atoms with E-state index < -0.39 is 36.6 Å². The summed E-state index contributed by atoms with van der Waals surface area (Å²) in [6, 6.07) is 5.58. The Labute approximate surface area is 216 Å². The fourth-order valence-corrected chi connectivity index (χ4v) is 4.04. The lowest BCUT2D eigenvalue weighted by molar-refractivity contribution is -0.139. The Kier molecular flexibility index (Phi) is 10.2. The van der Waals surface area contributed by atoms with Crippen LogP contribution in [0.25, 0.3) is 6.08 Å². The monoisotopic (exact) mass is 602 g/mol. The third-order valence-corrected chi connectivity index (χ3v) is 6.42. The van der Waals surface area contributed by atoms with Gasteiger partial charge in [0.1, 0.15) is 12.7 Å². The molecule has 34 heavy (non-hydrogen) atoms. The highest BCUT2D eigenvalue weighted by atomic mass is 79.9. The summed E-state index contributed by atoms with van der Waals surface area (Å²) in [5.74, 6) is -3.16. The van der Waals surface area contributed by atoms with Crippen LogP contribution in [0.2, 0.25) is 15.1 Å². The van der Waals surface area contributed by atoms with Crippen molar-refractivity contribution in [3.8, 4) is 0 Å². The minimum atomic E-state index is -4.63. The molecule has 2 rings (SSSR count). The molecule has 2 atom stereocenters. The zero-order chi connectivity index (χ0) is 25.6. The third kappa shape index (κ3) is 7.60. The van der Waals surface area contributed by atoms with Crippen molar-refractivity contribution in [2.75, 3.05) is 13.2 Å². The molecule has 2 N–H and O–H groups in total. The van der Waals surface area contributed by atoms with Crippen LogP contribution in [0.15, 0.2) is 40.9 Å². The first-order chi connectivity index (χ1) is 15.8. The predicted molar refractivity (Wildman–Crippen MR) is 129 cm³/mol. The number of carbonyl (C=O) groups is 2. The van der Waals surface area contributed by atoms with Gasteiger partial charge < -0.3 is 10.6 Å². The van der Waals surface area contributed by atoms with Gasteiger partial charge in [-0.05, 0) is 58.2 Å². The molecule has 0 radical (unpaired) electrons. The van der Waals surface area contributed by atoms with E-state index in [1.54, 1.807) is 0 Å². The van der Waals surface area contributed by atoms with Crippen molar-refractivity contribution >= 4 is 68.6 Å². The van der Waals surface area contributed by atoms with Gasteiger partial charge in [0.15, 0.2) is 0 Å². The van der Waals surface area contributed by atoms with Crippen molar-refractivity contribution in [3.63, 3.8) is 0 Å². The van der Waals surface area contributed by atoms with Gasteiger partial charge in [-0.25, -0.2) is 4.39 Å². The Morgan fingerprint density at radius 2 is 1.74 bits per heavy atom. The zero-order valence-corrected chi connectivity index (χ0v) is 21.3. The molecule has 0 saturated carbocycles. The molecule has 12 heteroatoms. The topological polar surface area (TPSA) is 58.2 Å². The molecule has 0 heterocycles. The van der Waals surface area contributed by atoms with Crippen molar-refractivity contribution in [2.24, 2.45) is 0 Å². The number of hydrogen-bond donors (Lipinski definition) is 2. The van der Waals surface area contributed by atoms with Gasteiger partial charge in [-0.1, -0.05) is 53.0 Å². The minimum Gasteiger partial charge on any atom is -0.352 e. The van der Waals surface area contributed by atoms with Crippen LogP contribution in [-0.4, -0.2) is 37.3 Å². The number of carbonyl (C=O) groups excluding carboxylic acids is 2. The quantitative estimate of drug-likeness (QED) is 0.253. The maximum Gasteiger partial charge on any atom is 0.399 e. The predicted octanol–water partition coefficient (Wildman–Crippen LogP) is 6.97. The first kappa shape index (κ1) is 28.4. The molecule has 0 aromatic heterocycles. The molecule has 2 amide bonds. The van der Waals surface area contributed by atoms with Gasteiger partial charge in [0, 0.05) is 11.0 Å². The molecule has 0 aliphatic rings. The lowest BCUT2D eigenvalue weighted by Gasteiger charge is -2.18. The molecule has 2 aromatic carbocycles. The lowest BCUT2D eigenvalue weighted by atomic mass is 9.97. The summed E-state index contributed by atoms with van der Waals surface area (Å²) in [7, 11) is 0. The summed E-state index contributed by atoms with van der Waals surface area (Å²) in [4.78, 5) is 24.2. The molecule has 0 fully saturated rings. The highest BCUT2D eigenvalue weighted by molar-refractivity contribution is 9.10. The second-order valence-corrected chi connectivity index (χ2v) is 9.14. The molecule has 4 nitrogen and oxygen atoms in total. The van der Waals surface area contributed by atoms with Crippen molar-refractivity contribution < 1.29 is 27.2 Å². The Balaban J connectivity index is 2.23. The van der Waals surface area contributed by atoms with Gasteiger partial charge in [-0.3, -0.25) is 9.59 Å².